The van der Waals surface area contributed by atoms with Gasteiger partial charge in [0.2, 0.25) is 5.91 Å². The number of piperidine rings is 1. The number of aromatic nitrogens is 2. The molecule has 0 saturated carbocycles. The summed E-state index contributed by atoms with van der Waals surface area (Å²) in [5.74, 6) is -0.000247. The molecular formula is C15H22N4O3. The first-order valence-corrected chi connectivity index (χ1v) is 7.89. The van der Waals surface area contributed by atoms with E-state index in [1.165, 1.54) is 6.42 Å². The van der Waals surface area contributed by atoms with E-state index < -0.39 is 6.10 Å². The Morgan fingerprint density at radius 2 is 1.95 bits per heavy atom. The Kier molecular flexibility index (Phi) is 4.72. The number of amides is 2. The van der Waals surface area contributed by atoms with Gasteiger partial charge in [0.1, 0.15) is 6.54 Å². The maximum Gasteiger partial charge on any atom is 0.253 e. The lowest BCUT2D eigenvalue weighted by Crippen LogP contribution is -2.53. The molecule has 2 aliphatic rings. The van der Waals surface area contributed by atoms with Crippen LogP contribution in [0.3, 0.4) is 0 Å². The smallest absolute Gasteiger partial charge is 0.253 e. The van der Waals surface area contributed by atoms with Crippen LogP contribution < -0.4 is 0 Å². The molecule has 120 valence electrons. The molecule has 7 heteroatoms. The molecule has 3 heterocycles. The highest BCUT2D eigenvalue weighted by Crippen LogP contribution is 2.14. The zero-order chi connectivity index (χ0) is 15.4. The van der Waals surface area contributed by atoms with Crippen LogP contribution in [-0.2, 0) is 20.9 Å². The van der Waals surface area contributed by atoms with Crippen LogP contribution in [0.25, 0.3) is 0 Å². The van der Waals surface area contributed by atoms with E-state index in [1.807, 2.05) is 4.90 Å². The van der Waals surface area contributed by atoms with Crippen molar-refractivity contribution in [2.24, 2.45) is 0 Å². The Morgan fingerprint density at radius 3 is 2.68 bits per heavy atom. The zero-order valence-corrected chi connectivity index (χ0v) is 12.7. The van der Waals surface area contributed by atoms with E-state index in [0.29, 0.717) is 19.7 Å². The summed E-state index contributed by atoms with van der Waals surface area (Å²) in [6.07, 6.45) is 6.18. The molecule has 1 aromatic heterocycles. The van der Waals surface area contributed by atoms with Gasteiger partial charge in [-0.25, -0.2) is 0 Å². The van der Waals surface area contributed by atoms with Crippen molar-refractivity contribution in [3.63, 3.8) is 0 Å². The number of hydrogen-bond acceptors (Lipinski definition) is 4. The zero-order valence-electron chi connectivity index (χ0n) is 12.7. The third kappa shape index (κ3) is 3.47. The van der Waals surface area contributed by atoms with Gasteiger partial charge in [-0.3, -0.25) is 14.3 Å². The molecule has 0 spiro atoms. The van der Waals surface area contributed by atoms with Gasteiger partial charge in [0.05, 0.1) is 13.2 Å². The molecule has 0 bridgehead atoms. The minimum atomic E-state index is -0.520. The molecule has 2 aliphatic heterocycles. The van der Waals surface area contributed by atoms with Gasteiger partial charge in [-0.1, -0.05) is 0 Å². The fraction of sp³-hybridized carbons (Fsp3) is 0.667. The topological polar surface area (TPSA) is 67.7 Å². The molecule has 0 radical (unpaired) electrons. The van der Waals surface area contributed by atoms with Crippen LogP contribution in [0.5, 0.6) is 0 Å². The average Bonchev–Trinajstić information content (AvgIpc) is 3.08. The van der Waals surface area contributed by atoms with Gasteiger partial charge in [0, 0.05) is 32.0 Å². The van der Waals surface area contributed by atoms with Crippen molar-refractivity contribution in [1.29, 1.82) is 0 Å². The standard InChI is InChI=1S/C15H22N4O3/c20-14(12-19-8-4-5-16-19)18-9-10-22-13(11-18)15(21)17-6-2-1-3-7-17/h4-5,8,13H,1-3,6-7,9-12H2/t13-/m1/s1. The summed E-state index contributed by atoms with van der Waals surface area (Å²) in [5, 5.41) is 4.04. The maximum atomic E-state index is 12.5. The normalized spacial score (nSPS) is 22.6. The highest BCUT2D eigenvalue weighted by Gasteiger charge is 2.32. The Bertz CT molecular complexity index is 511. The van der Waals surface area contributed by atoms with Gasteiger partial charge in [-0.2, -0.15) is 5.10 Å². The highest BCUT2D eigenvalue weighted by atomic mass is 16.5. The molecular weight excluding hydrogens is 284 g/mol. The SMILES string of the molecule is O=C(Cn1cccn1)N1CCO[C@@H](C(=O)N2CCCCC2)C1. The summed E-state index contributed by atoms with van der Waals surface area (Å²) in [7, 11) is 0. The minimum Gasteiger partial charge on any atom is -0.365 e. The summed E-state index contributed by atoms with van der Waals surface area (Å²) in [6.45, 7) is 3.10. The second-order valence-electron chi connectivity index (χ2n) is 5.79. The van der Waals surface area contributed by atoms with Crippen LogP contribution >= 0.6 is 0 Å². The van der Waals surface area contributed by atoms with E-state index >= 15 is 0 Å². The molecule has 1 atom stereocenters. The van der Waals surface area contributed by atoms with E-state index in [0.717, 1.165) is 25.9 Å². The van der Waals surface area contributed by atoms with Crippen LogP contribution in [0, 0.1) is 0 Å². The third-order valence-electron chi connectivity index (χ3n) is 4.22. The number of nitrogens with zero attached hydrogens (tertiary/aromatic N) is 4. The lowest BCUT2D eigenvalue weighted by atomic mass is 10.1. The van der Waals surface area contributed by atoms with Crippen molar-refractivity contribution in [2.45, 2.75) is 31.9 Å². The van der Waals surface area contributed by atoms with Crippen LogP contribution in [0.15, 0.2) is 18.5 Å². The predicted octanol–water partition coefficient (Wildman–Crippen LogP) is 0.123. The molecule has 0 N–H and O–H groups in total. The van der Waals surface area contributed by atoms with Crippen LogP contribution in [0.2, 0.25) is 0 Å². The molecule has 2 amide bonds. The van der Waals surface area contributed by atoms with Crippen LogP contribution in [0.1, 0.15) is 19.3 Å². The molecule has 0 unspecified atom stereocenters. The summed E-state index contributed by atoms with van der Waals surface area (Å²) in [5.41, 5.74) is 0. The molecule has 1 aromatic rings. The van der Waals surface area contributed by atoms with Gasteiger partial charge in [-0.05, 0) is 25.3 Å². The highest BCUT2D eigenvalue weighted by molar-refractivity contribution is 5.83. The minimum absolute atomic E-state index is 0.0243. The van der Waals surface area contributed by atoms with Gasteiger partial charge in [-0.15, -0.1) is 0 Å². The number of morpholine rings is 1. The number of rotatable bonds is 3. The summed E-state index contributed by atoms with van der Waals surface area (Å²) < 4.78 is 7.20. The van der Waals surface area contributed by atoms with Gasteiger partial charge in [0.25, 0.3) is 5.91 Å². The largest absolute Gasteiger partial charge is 0.365 e. The first-order chi connectivity index (χ1) is 10.7. The Labute approximate surface area is 129 Å². The fourth-order valence-electron chi connectivity index (χ4n) is 2.98. The summed E-state index contributed by atoms with van der Waals surface area (Å²) >= 11 is 0. The average molecular weight is 306 g/mol. The molecule has 22 heavy (non-hydrogen) atoms. The Balaban J connectivity index is 1.56. The molecule has 3 rings (SSSR count). The second-order valence-corrected chi connectivity index (χ2v) is 5.79. The van der Waals surface area contributed by atoms with Crippen molar-refractivity contribution >= 4 is 11.8 Å². The first-order valence-electron chi connectivity index (χ1n) is 7.89. The van der Waals surface area contributed by atoms with E-state index in [1.54, 1.807) is 28.0 Å². The van der Waals surface area contributed by atoms with Gasteiger partial charge in [0.15, 0.2) is 6.10 Å². The van der Waals surface area contributed by atoms with Gasteiger partial charge < -0.3 is 14.5 Å². The van der Waals surface area contributed by atoms with Crippen molar-refractivity contribution in [3.05, 3.63) is 18.5 Å². The number of hydrogen-bond donors (Lipinski definition) is 0. The van der Waals surface area contributed by atoms with Crippen molar-refractivity contribution < 1.29 is 14.3 Å². The quantitative estimate of drug-likeness (QED) is 0.796. The molecule has 2 fully saturated rings. The summed E-state index contributed by atoms with van der Waals surface area (Å²) in [6, 6.07) is 1.79. The number of ether oxygens (including phenoxy) is 1. The second kappa shape index (κ2) is 6.91. The number of carbonyl (C=O) groups is 2. The molecule has 7 nitrogen and oxygen atoms in total. The van der Waals surface area contributed by atoms with Crippen molar-refractivity contribution in [2.75, 3.05) is 32.8 Å². The number of likely N-dealkylation sites (tertiary alicyclic amines) is 1. The Hall–Kier alpha value is -1.89. The number of carbonyl (C=O) groups excluding carboxylic acids is 2. The van der Waals surface area contributed by atoms with E-state index in [9.17, 15) is 9.59 Å². The third-order valence-corrected chi connectivity index (χ3v) is 4.22. The predicted molar refractivity (Wildman–Crippen MR) is 79.0 cm³/mol. The Morgan fingerprint density at radius 1 is 1.14 bits per heavy atom. The van der Waals surface area contributed by atoms with Crippen LogP contribution in [-0.4, -0.2) is 70.3 Å². The van der Waals surface area contributed by atoms with Gasteiger partial charge >= 0.3 is 0 Å². The first kappa shape index (κ1) is 15.0. The lowest BCUT2D eigenvalue weighted by molar-refractivity contribution is -0.155. The maximum absolute atomic E-state index is 12.5. The van der Waals surface area contributed by atoms with Crippen LogP contribution in [0.4, 0.5) is 0 Å². The molecule has 0 aromatic carbocycles. The molecule has 0 aliphatic carbocycles. The van der Waals surface area contributed by atoms with E-state index in [-0.39, 0.29) is 18.4 Å². The van der Waals surface area contributed by atoms with Crippen molar-refractivity contribution in [3.8, 4) is 0 Å². The summed E-state index contributed by atoms with van der Waals surface area (Å²) in [4.78, 5) is 28.4. The lowest BCUT2D eigenvalue weighted by Gasteiger charge is -2.36. The molecule has 2 saturated heterocycles. The monoisotopic (exact) mass is 306 g/mol. The van der Waals surface area contributed by atoms with Crippen molar-refractivity contribution in [1.82, 2.24) is 19.6 Å². The fourth-order valence-corrected chi connectivity index (χ4v) is 2.98. The van der Waals surface area contributed by atoms with E-state index in [4.69, 9.17) is 4.74 Å². The van der Waals surface area contributed by atoms with E-state index in [2.05, 4.69) is 5.10 Å².